The quantitative estimate of drug-likeness (QED) is 0.246. The van der Waals surface area contributed by atoms with E-state index in [1.54, 1.807) is 13.8 Å². The lowest BCUT2D eigenvalue weighted by Crippen LogP contribution is -2.23. The summed E-state index contributed by atoms with van der Waals surface area (Å²) in [6.07, 6.45) is 3.76. The Hall–Kier alpha value is -1.69. The molecule has 0 aromatic carbocycles. The zero-order valence-electron chi connectivity index (χ0n) is 14.2. The van der Waals surface area contributed by atoms with Gasteiger partial charge in [0.2, 0.25) is 10.3 Å². The Balaban J connectivity index is 0. The molecule has 0 aliphatic carbocycles. The van der Waals surface area contributed by atoms with Gasteiger partial charge in [0.25, 0.3) is 0 Å². The minimum absolute atomic E-state index is 0.147. The molecule has 0 spiro atoms. The molecular weight excluding hydrogens is 304 g/mol. The van der Waals surface area contributed by atoms with Gasteiger partial charge in [0, 0.05) is 0 Å². The van der Waals surface area contributed by atoms with E-state index in [2.05, 4.69) is 19.9 Å². The summed E-state index contributed by atoms with van der Waals surface area (Å²) in [4.78, 5) is 22.6. The number of rotatable bonds is 6. The fourth-order valence-electron chi connectivity index (χ4n) is 1.17. The van der Waals surface area contributed by atoms with Gasteiger partial charge in [0.05, 0.1) is 12.0 Å². The zero-order chi connectivity index (χ0) is 17.7. The van der Waals surface area contributed by atoms with Gasteiger partial charge >= 0.3 is 5.97 Å². The van der Waals surface area contributed by atoms with E-state index in [0.717, 1.165) is 5.37 Å². The summed E-state index contributed by atoms with van der Waals surface area (Å²) in [7, 11) is -2.28. The van der Waals surface area contributed by atoms with Gasteiger partial charge in [-0.15, -0.1) is 0 Å². The van der Waals surface area contributed by atoms with Crippen LogP contribution in [-0.2, 0) is 24.6 Å². The van der Waals surface area contributed by atoms with Crippen molar-refractivity contribution < 1.29 is 22.7 Å². The lowest BCUT2D eigenvalue weighted by Gasteiger charge is -2.10. The first kappa shape index (κ1) is 22.6. The monoisotopic (exact) mass is 330 g/mol. The molecule has 6 heteroatoms. The number of carbonyl (C=O) groups excluding carboxylic acids is 2. The molecule has 0 amide bonds. The van der Waals surface area contributed by atoms with Crippen molar-refractivity contribution in [2.75, 3.05) is 6.61 Å². The lowest BCUT2D eigenvalue weighted by molar-refractivity contribution is -0.150. The Bertz CT molecular complexity index is 541. The van der Waals surface area contributed by atoms with Gasteiger partial charge in [0.1, 0.15) is 11.7 Å². The van der Waals surface area contributed by atoms with E-state index in [1.165, 1.54) is 18.6 Å². The summed E-state index contributed by atoms with van der Waals surface area (Å²) in [5, 5.41) is 1.02. The largest absolute Gasteiger partial charge is 0.465 e. The summed E-state index contributed by atoms with van der Waals surface area (Å²) >= 11 is 0. The van der Waals surface area contributed by atoms with E-state index in [-0.39, 0.29) is 18.8 Å². The molecule has 0 radical (unpaired) electrons. The molecule has 0 saturated carbocycles. The number of hydrogen-bond acceptors (Lipinski definition) is 5. The van der Waals surface area contributed by atoms with E-state index < -0.39 is 22.2 Å². The highest BCUT2D eigenvalue weighted by atomic mass is 32.2. The maximum Gasteiger partial charge on any atom is 0.316 e. The normalized spacial score (nSPS) is 11.5. The molecule has 22 heavy (non-hydrogen) atoms. The SMILES string of the molecule is CC=C(C)C.CCOC(=O)C(CC=C(C)C=S(=O)=O)C(C)=O. The van der Waals surface area contributed by atoms with Gasteiger partial charge in [-0.2, -0.15) is 8.42 Å². The Morgan fingerprint density at radius 2 is 1.64 bits per heavy atom. The summed E-state index contributed by atoms with van der Waals surface area (Å²) < 4.78 is 25.5. The van der Waals surface area contributed by atoms with Crippen molar-refractivity contribution in [3.05, 3.63) is 23.3 Å². The predicted octanol–water partition coefficient (Wildman–Crippen LogP) is 2.74. The first-order valence-corrected chi connectivity index (χ1v) is 8.15. The summed E-state index contributed by atoms with van der Waals surface area (Å²) in [6, 6.07) is 0. The van der Waals surface area contributed by atoms with Crippen molar-refractivity contribution in [1.82, 2.24) is 0 Å². The molecule has 0 N–H and O–H groups in total. The average Bonchev–Trinajstić information content (AvgIpc) is 2.38. The molecule has 0 heterocycles. The summed E-state index contributed by atoms with van der Waals surface area (Å²) in [6.45, 7) is 11.0. The summed E-state index contributed by atoms with van der Waals surface area (Å²) in [5.74, 6) is -1.73. The Morgan fingerprint density at radius 3 is 1.95 bits per heavy atom. The summed E-state index contributed by atoms with van der Waals surface area (Å²) in [5.41, 5.74) is 1.86. The molecule has 0 saturated heterocycles. The van der Waals surface area contributed by atoms with E-state index in [4.69, 9.17) is 4.74 Å². The van der Waals surface area contributed by atoms with Crippen molar-refractivity contribution in [2.45, 2.75) is 48.0 Å². The standard InChI is InChI=1S/C11H16O5S.C5H10/c1-4-16-11(13)10(9(3)12)6-5-8(2)7-17(14)15;1-4-5(2)3/h5,7,10H,4,6H2,1-3H3;4H,1-3H3. The second-order valence-corrected chi connectivity index (χ2v) is 5.60. The highest BCUT2D eigenvalue weighted by Crippen LogP contribution is 2.10. The highest BCUT2D eigenvalue weighted by Gasteiger charge is 2.23. The first-order valence-electron chi connectivity index (χ1n) is 7.01. The molecule has 5 nitrogen and oxygen atoms in total. The molecule has 1 atom stereocenters. The lowest BCUT2D eigenvalue weighted by atomic mass is 10.0. The Labute approximate surface area is 134 Å². The minimum Gasteiger partial charge on any atom is -0.465 e. The van der Waals surface area contributed by atoms with Crippen LogP contribution in [0.15, 0.2) is 23.3 Å². The smallest absolute Gasteiger partial charge is 0.316 e. The average molecular weight is 330 g/mol. The van der Waals surface area contributed by atoms with Crippen LogP contribution in [0.25, 0.3) is 0 Å². The van der Waals surface area contributed by atoms with Crippen LogP contribution in [0.4, 0.5) is 0 Å². The van der Waals surface area contributed by atoms with Gasteiger partial charge in [-0.05, 0) is 53.5 Å². The molecule has 1 unspecified atom stereocenters. The second kappa shape index (κ2) is 13.0. The molecule has 0 aliphatic rings. The molecular formula is C16H26O5S. The molecule has 0 bridgehead atoms. The highest BCUT2D eigenvalue weighted by molar-refractivity contribution is 7.71. The zero-order valence-corrected chi connectivity index (χ0v) is 15.0. The Kier molecular flexibility index (Phi) is 13.4. The van der Waals surface area contributed by atoms with Crippen LogP contribution in [0.1, 0.15) is 48.0 Å². The van der Waals surface area contributed by atoms with Crippen molar-refractivity contribution in [2.24, 2.45) is 5.92 Å². The van der Waals surface area contributed by atoms with E-state index in [0.29, 0.717) is 5.57 Å². The molecule has 126 valence electrons. The predicted molar refractivity (Wildman–Crippen MR) is 89.3 cm³/mol. The van der Waals surface area contributed by atoms with Gasteiger partial charge in [-0.1, -0.05) is 17.7 Å². The minimum atomic E-state index is -2.28. The third kappa shape index (κ3) is 13.3. The number of Topliss-reactive ketones (excluding diaryl/α,β-unsaturated/α-hetero) is 1. The number of ketones is 1. The van der Waals surface area contributed by atoms with E-state index in [9.17, 15) is 18.0 Å². The Morgan fingerprint density at radius 1 is 1.14 bits per heavy atom. The van der Waals surface area contributed by atoms with Crippen LogP contribution in [-0.4, -0.2) is 32.1 Å². The topological polar surface area (TPSA) is 77.5 Å². The van der Waals surface area contributed by atoms with Crippen LogP contribution in [0, 0.1) is 5.92 Å². The molecule has 0 aromatic rings. The van der Waals surface area contributed by atoms with E-state index >= 15 is 0 Å². The van der Waals surface area contributed by atoms with Gasteiger partial charge in [-0.25, -0.2) is 0 Å². The number of carbonyl (C=O) groups is 2. The van der Waals surface area contributed by atoms with Crippen molar-refractivity contribution in [3.8, 4) is 0 Å². The molecule has 0 fully saturated rings. The molecule has 0 aliphatic heterocycles. The van der Waals surface area contributed by atoms with Crippen LogP contribution in [0.5, 0.6) is 0 Å². The third-order valence-corrected chi connectivity index (χ3v) is 3.16. The third-order valence-electron chi connectivity index (χ3n) is 2.60. The van der Waals surface area contributed by atoms with Crippen molar-refractivity contribution >= 4 is 27.4 Å². The first-order chi connectivity index (χ1) is 10.1. The van der Waals surface area contributed by atoms with Crippen LogP contribution < -0.4 is 0 Å². The molecule has 0 aromatic heterocycles. The van der Waals surface area contributed by atoms with Crippen molar-refractivity contribution in [3.63, 3.8) is 0 Å². The van der Waals surface area contributed by atoms with Crippen molar-refractivity contribution in [1.29, 1.82) is 0 Å². The van der Waals surface area contributed by atoms with Gasteiger partial charge in [-0.3, -0.25) is 9.59 Å². The van der Waals surface area contributed by atoms with Gasteiger partial charge < -0.3 is 4.74 Å². The second-order valence-electron chi connectivity index (χ2n) is 4.84. The number of hydrogen-bond donors (Lipinski definition) is 0. The maximum absolute atomic E-state index is 11.4. The number of ether oxygens (including phenoxy) is 1. The molecule has 0 rings (SSSR count). The van der Waals surface area contributed by atoms with Crippen LogP contribution in [0.3, 0.4) is 0 Å². The maximum atomic E-state index is 11.4. The van der Waals surface area contributed by atoms with Crippen LogP contribution >= 0.6 is 0 Å². The fraction of sp³-hybridized carbons (Fsp3) is 0.562. The number of allylic oxidation sites excluding steroid dienone is 4. The van der Waals surface area contributed by atoms with Crippen LogP contribution in [0.2, 0.25) is 0 Å². The number of esters is 1. The van der Waals surface area contributed by atoms with Gasteiger partial charge in [0.15, 0.2) is 0 Å². The van der Waals surface area contributed by atoms with E-state index in [1.807, 2.05) is 6.92 Å². The fourth-order valence-corrected chi connectivity index (χ4v) is 1.57.